The van der Waals surface area contributed by atoms with Crippen LogP contribution < -0.4 is 4.74 Å². The lowest BCUT2D eigenvalue weighted by atomic mass is 10.2. The van der Waals surface area contributed by atoms with Gasteiger partial charge in [0.25, 0.3) is 0 Å². The predicted molar refractivity (Wildman–Crippen MR) is 106 cm³/mol. The molecular weight excluding hydrogens is 442 g/mol. The number of carbonyl (C=O) groups excluding carboxylic acids is 1. The van der Waals surface area contributed by atoms with E-state index in [1.807, 2.05) is 0 Å². The second kappa shape index (κ2) is 8.52. The number of rotatable bonds is 5. The number of benzene rings is 3. The van der Waals surface area contributed by atoms with Crippen molar-refractivity contribution in [3.63, 3.8) is 0 Å². The molecular formula is C20H13ClF2O4S2. The van der Waals surface area contributed by atoms with Crippen molar-refractivity contribution in [2.75, 3.05) is 6.26 Å². The fraction of sp³-hybridized carbons (Fsp3) is 0.0500. The average molecular weight is 455 g/mol. The summed E-state index contributed by atoms with van der Waals surface area (Å²) in [5, 5.41) is 0.534. The number of esters is 1. The van der Waals surface area contributed by atoms with Crippen molar-refractivity contribution in [3.8, 4) is 5.75 Å². The molecule has 0 aromatic heterocycles. The fourth-order valence-corrected chi connectivity index (χ4v) is 4.24. The van der Waals surface area contributed by atoms with Crippen LogP contribution in [0.4, 0.5) is 8.78 Å². The second-order valence-corrected chi connectivity index (χ2v) is 9.46. The molecule has 0 heterocycles. The highest BCUT2D eigenvalue weighted by Crippen LogP contribution is 2.33. The Morgan fingerprint density at radius 3 is 2.34 bits per heavy atom. The van der Waals surface area contributed by atoms with Gasteiger partial charge < -0.3 is 4.74 Å². The van der Waals surface area contributed by atoms with Crippen LogP contribution in [0.2, 0.25) is 5.02 Å². The number of carbonyl (C=O) groups is 1. The number of halogens is 3. The van der Waals surface area contributed by atoms with Crippen LogP contribution in [0.5, 0.6) is 5.75 Å². The predicted octanol–water partition coefficient (Wildman–Crippen LogP) is 5.39. The summed E-state index contributed by atoms with van der Waals surface area (Å²) in [6.45, 7) is 0. The zero-order chi connectivity index (χ0) is 21.2. The van der Waals surface area contributed by atoms with E-state index in [9.17, 15) is 22.0 Å². The van der Waals surface area contributed by atoms with Gasteiger partial charge in [-0.15, -0.1) is 0 Å². The first-order valence-corrected chi connectivity index (χ1v) is 11.2. The largest absolute Gasteiger partial charge is 0.423 e. The summed E-state index contributed by atoms with van der Waals surface area (Å²) in [6, 6.07) is 13.7. The van der Waals surface area contributed by atoms with E-state index < -0.39 is 32.3 Å². The molecule has 150 valence electrons. The lowest BCUT2D eigenvalue weighted by molar-refractivity contribution is 0.0725. The molecule has 29 heavy (non-hydrogen) atoms. The summed E-state index contributed by atoms with van der Waals surface area (Å²) >= 11 is 6.99. The van der Waals surface area contributed by atoms with Gasteiger partial charge in [0.15, 0.2) is 9.84 Å². The molecule has 0 spiro atoms. The molecule has 0 aliphatic carbocycles. The van der Waals surface area contributed by atoms with E-state index in [2.05, 4.69) is 0 Å². The summed E-state index contributed by atoms with van der Waals surface area (Å²) in [7, 11) is -3.87. The first kappa shape index (κ1) is 21.3. The Morgan fingerprint density at radius 2 is 1.69 bits per heavy atom. The normalized spacial score (nSPS) is 11.3. The zero-order valence-electron chi connectivity index (χ0n) is 14.9. The fourth-order valence-electron chi connectivity index (χ4n) is 2.41. The van der Waals surface area contributed by atoms with Crippen LogP contribution in [0.15, 0.2) is 75.4 Å². The van der Waals surface area contributed by atoms with E-state index >= 15 is 0 Å². The zero-order valence-corrected chi connectivity index (χ0v) is 17.2. The Hall–Kier alpha value is -2.42. The molecule has 0 atom stereocenters. The summed E-state index contributed by atoms with van der Waals surface area (Å²) in [5.74, 6) is -3.04. The molecule has 0 saturated heterocycles. The summed E-state index contributed by atoms with van der Waals surface area (Å²) in [6.07, 6.45) is 0.828. The van der Waals surface area contributed by atoms with Gasteiger partial charge in [0.2, 0.25) is 0 Å². The van der Waals surface area contributed by atoms with Gasteiger partial charge >= 0.3 is 5.97 Å². The van der Waals surface area contributed by atoms with Crippen LogP contribution in [-0.4, -0.2) is 20.6 Å². The first-order chi connectivity index (χ1) is 13.6. The van der Waals surface area contributed by atoms with Gasteiger partial charge in [-0.05, 0) is 48.5 Å². The van der Waals surface area contributed by atoms with E-state index in [4.69, 9.17) is 16.3 Å². The monoisotopic (exact) mass is 454 g/mol. The number of sulfone groups is 1. The lowest BCUT2D eigenvalue weighted by Gasteiger charge is -2.11. The molecule has 0 aliphatic rings. The minimum Gasteiger partial charge on any atom is -0.423 e. The van der Waals surface area contributed by atoms with Crippen molar-refractivity contribution in [1.82, 2.24) is 0 Å². The topological polar surface area (TPSA) is 60.4 Å². The average Bonchev–Trinajstić information content (AvgIpc) is 2.64. The molecule has 0 fully saturated rings. The van der Waals surface area contributed by atoms with Gasteiger partial charge in [-0.25, -0.2) is 22.0 Å². The Kier molecular flexibility index (Phi) is 6.26. The smallest absolute Gasteiger partial charge is 0.347 e. The minimum absolute atomic E-state index is 0.220. The van der Waals surface area contributed by atoms with Crippen molar-refractivity contribution < 1.29 is 26.7 Å². The molecule has 0 aliphatic heterocycles. The highest BCUT2D eigenvalue weighted by atomic mass is 35.5. The Balaban J connectivity index is 1.93. The van der Waals surface area contributed by atoms with Crippen molar-refractivity contribution in [1.29, 1.82) is 0 Å². The number of hydrogen-bond acceptors (Lipinski definition) is 5. The third kappa shape index (κ3) is 5.14. The van der Waals surface area contributed by atoms with Crippen molar-refractivity contribution >= 4 is 39.2 Å². The van der Waals surface area contributed by atoms with Crippen LogP contribution >= 0.6 is 23.4 Å². The van der Waals surface area contributed by atoms with Gasteiger partial charge in [0.05, 0.1) is 0 Å². The van der Waals surface area contributed by atoms with Gasteiger partial charge in [-0.2, -0.15) is 0 Å². The first-order valence-electron chi connectivity index (χ1n) is 8.09. The SMILES string of the molecule is CS(=O)(=O)c1cc(OC(=O)c2c(F)cccc2Sc2ccc(Cl)cc2)ccc1F. The van der Waals surface area contributed by atoms with Crippen LogP contribution in [0.1, 0.15) is 10.4 Å². The minimum atomic E-state index is -3.87. The molecule has 4 nitrogen and oxygen atoms in total. The Bertz CT molecular complexity index is 1180. The van der Waals surface area contributed by atoms with Crippen LogP contribution in [0, 0.1) is 11.6 Å². The summed E-state index contributed by atoms with van der Waals surface area (Å²) in [5.41, 5.74) is -0.322. The van der Waals surface area contributed by atoms with Crippen LogP contribution in [0.25, 0.3) is 0 Å². The Morgan fingerprint density at radius 1 is 1.00 bits per heavy atom. The standard InChI is InChI=1S/C20H13ClF2O4S2/c1-29(25,26)18-11-13(7-10-15(18)22)27-20(24)19-16(23)3-2-4-17(19)28-14-8-5-12(21)6-9-14/h2-11H,1H3. The number of hydrogen-bond donors (Lipinski definition) is 0. The van der Waals surface area contributed by atoms with E-state index in [0.717, 1.165) is 47.2 Å². The van der Waals surface area contributed by atoms with Gasteiger partial charge in [-0.1, -0.05) is 29.4 Å². The maximum atomic E-state index is 14.4. The quantitative estimate of drug-likeness (QED) is 0.382. The second-order valence-electron chi connectivity index (χ2n) is 5.92. The van der Waals surface area contributed by atoms with Crippen LogP contribution in [0.3, 0.4) is 0 Å². The lowest BCUT2D eigenvalue weighted by Crippen LogP contribution is -2.13. The Labute approximate surface area is 175 Å². The molecule has 3 aromatic rings. The highest BCUT2D eigenvalue weighted by Gasteiger charge is 2.21. The van der Waals surface area contributed by atoms with E-state index in [0.29, 0.717) is 9.92 Å². The van der Waals surface area contributed by atoms with Gasteiger partial charge in [0.1, 0.15) is 27.8 Å². The molecule has 0 saturated carbocycles. The molecule has 3 rings (SSSR count). The molecule has 0 bridgehead atoms. The van der Waals surface area contributed by atoms with Crippen molar-refractivity contribution in [2.24, 2.45) is 0 Å². The maximum absolute atomic E-state index is 14.4. The van der Waals surface area contributed by atoms with Crippen molar-refractivity contribution in [3.05, 3.63) is 82.9 Å². The maximum Gasteiger partial charge on any atom is 0.347 e. The van der Waals surface area contributed by atoms with E-state index in [1.54, 1.807) is 30.3 Å². The van der Waals surface area contributed by atoms with Crippen molar-refractivity contribution in [2.45, 2.75) is 14.7 Å². The van der Waals surface area contributed by atoms with Gasteiger partial charge in [-0.3, -0.25) is 0 Å². The van der Waals surface area contributed by atoms with Gasteiger partial charge in [0, 0.05) is 27.1 Å². The van der Waals surface area contributed by atoms with E-state index in [-0.39, 0.29) is 11.3 Å². The molecule has 9 heteroatoms. The molecule has 0 amide bonds. The van der Waals surface area contributed by atoms with Crippen LogP contribution in [-0.2, 0) is 9.84 Å². The van der Waals surface area contributed by atoms with E-state index in [1.165, 1.54) is 6.07 Å². The highest BCUT2D eigenvalue weighted by molar-refractivity contribution is 7.99. The third-order valence-corrected chi connectivity index (χ3v) is 6.17. The molecule has 0 unspecified atom stereocenters. The number of ether oxygens (including phenoxy) is 1. The summed E-state index contributed by atoms with van der Waals surface area (Å²) < 4.78 is 56.6. The molecule has 0 radical (unpaired) electrons. The molecule has 3 aromatic carbocycles. The molecule has 0 N–H and O–H groups in total. The summed E-state index contributed by atoms with van der Waals surface area (Å²) in [4.78, 5) is 13.0. The third-order valence-electron chi connectivity index (χ3n) is 3.73.